The van der Waals surface area contributed by atoms with Gasteiger partial charge in [-0.2, -0.15) is 0 Å². The zero-order chi connectivity index (χ0) is 16.2. The SMILES string of the molecule is COC(=O)[C@H]1[C@H]2C=C[C@]3(CN(c4ccc(OC)cc4)C(=O)[C@@H]13)O2. The van der Waals surface area contributed by atoms with Crippen LogP contribution in [0, 0.1) is 11.8 Å². The predicted molar refractivity (Wildman–Crippen MR) is 81.1 cm³/mol. The summed E-state index contributed by atoms with van der Waals surface area (Å²) in [5, 5.41) is 0. The summed E-state index contributed by atoms with van der Waals surface area (Å²) in [5.41, 5.74) is 0.0456. The molecule has 3 aliphatic heterocycles. The predicted octanol–water partition coefficient (Wildman–Crippen LogP) is 1.15. The van der Waals surface area contributed by atoms with E-state index in [1.54, 1.807) is 24.1 Å². The molecule has 3 heterocycles. The minimum Gasteiger partial charge on any atom is -0.497 e. The lowest BCUT2D eigenvalue weighted by molar-refractivity contribution is -0.149. The normalized spacial score (nSPS) is 33.9. The highest BCUT2D eigenvalue weighted by molar-refractivity contribution is 6.02. The summed E-state index contributed by atoms with van der Waals surface area (Å²) in [4.78, 5) is 26.7. The minimum atomic E-state index is -0.722. The molecule has 4 atom stereocenters. The van der Waals surface area contributed by atoms with Crippen LogP contribution in [0.2, 0.25) is 0 Å². The van der Waals surface area contributed by atoms with Gasteiger partial charge in [0.15, 0.2) is 0 Å². The minimum absolute atomic E-state index is 0.0996. The van der Waals surface area contributed by atoms with E-state index in [1.807, 2.05) is 24.3 Å². The maximum Gasteiger partial charge on any atom is 0.312 e. The molecule has 0 aliphatic carbocycles. The van der Waals surface area contributed by atoms with Crippen LogP contribution in [0.15, 0.2) is 36.4 Å². The van der Waals surface area contributed by atoms with E-state index in [9.17, 15) is 9.59 Å². The maximum atomic E-state index is 12.9. The Labute approximate surface area is 133 Å². The van der Waals surface area contributed by atoms with Gasteiger partial charge >= 0.3 is 5.97 Å². The number of carbonyl (C=O) groups is 2. The van der Waals surface area contributed by atoms with Crippen molar-refractivity contribution < 1.29 is 23.8 Å². The van der Waals surface area contributed by atoms with Crippen molar-refractivity contribution in [1.29, 1.82) is 0 Å². The van der Waals surface area contributed by atoms with E-state index in [0.717, 1.165) is 11.4 Å². The molecule has 0 unspecified atom stereocenters. The molecule has 23 heavy (non-hydrogen) atoms. The largest absolute Gasteiger partial charge is 0.497 e. The number of hydrogen-bond acceptors (Lipinski definition) is 5. The summed E-state index contributed by atoms with van der Waals surface area (Å²) in [6.45, 7) is 0.406. The highest BCUT2D eigenvalue weighted by atomic mass is 16.5. The summed E-state index contributed by atoms with van der Waals surface area (Å²) < 4.78 is 16.0. The smallest absolute Gasteiger partial charge is 0.312 e. The van der Waals surface area contributed by atoms with E-state index >= 15 is 0 Å². The Kier molecular flexibility index (Phi) is 2.99. The molecule has 1 spiro atoms. The lowest BCUT2D eigenvalue weighted by Gasteiger charge is -2.22. The van der Waals surface area contributed by atoms with Gasteiger partial charge in [0.05, 0.1) is 32.8 Å². The first-order valence-corrected chi connectivity index (χ1v) is 7.50. The van der Waals surface area contributed by atoms with Crippen LogP contribution in [0.25, 0.3) is 0 Å². The van der Waals surface area contributed by atoms with Gasteiger partial charge in [-0.1, -0.05) is 12.2 Å². The van der Waals surface area contributed by atoms with E-state index in [4.69, 9.17) is 14.2 Å². The first-order chi connectivity index (χ1) is 11.1. The Morgan fingerprint density at radius 3 is 2.70 bits per heavy atom. The lowest BCUT2D eigenvalue weighted by Crippen LogP contribution is -2.39. The standard InChI is InChI=1S/C17H17NO5/c1-21-11-5-3-10(4-6-11)18-9-17-8-7-12(23-17)13(16(20)22-2)14(17)15(18)19/h3-8,12-14H,9H2,1-2H3/t12-,13+,14-,17-/m1/s1. The topological polar surface area (TPSA) is 65.1 Å². The maximum absolute atomic E-state index is 12.9. The average molecular weight is 315 g/mol. The second kappa shape index (κ2) is 4.83. The van der Waals surface area contributed by atoms with Crippen molar-refractivity contribution in [1.82, 2.24) is 0 Å². The van der Waals surface area contributed by atoms with E-state index in [0.29, 0.717) is 6.54 Å². The first-order valence-electron chi connectivity index (χ1n) is 7.50. The van der Waals surface area contributed by atoms with Crippen molar-refractivity contribution in [3.05, 3.63) is 36.4 Å². The van der Waals surface area contributed by atoms with Gasteiger partial charge < -0.3 is 19.1 Å². The van der Waals surface area contributed by atoms with Crippen LogP contribution in [0.5, 0.6) is 5.75 Å². The summed E-state index contributed by atoms with van der Waals surface area (Å²) in [6, 6.07) is 7.27. The van der Waals surface area contributed by atoms with Gasteiger partial charge in [-0.15, -0.1) is 0 Å². The number of benzene rings is 1. The van der Waals surface area contributed by atoms with Crippen molar-refractivity contribution >= 4 is 17.6 Å². The Morgan fingerprint density at radius 2 is 2.04 bits per heavy atom. The number of methoxy groups -OCH3 is 2. The fourth-order valence-electron chi connectivity index (χ4n) is 3.88. The van der Waals surface area contributed by atoms with Crippen LogP contribution in [-0.2, 0) is 19.1 Å². The Balaban J connectivity index is 1.68. The van der Waals surface area contributed by atoms with Crippen molar-refractivity contribution in [3.8, 4) is 5.75 Å². The molecule has 0 N–H and O–H groups in total. The van der Waals surface area contributed by atoms with E-state index < -0.39 is 23.4 Å². The van der Waals surface area contributed by atoms with Crippen LogP contribution >= 0.6 is 0 Å². The zero-order valence-electron chi connectivity index (χ0n) is 12.9. The summed E-state index contributed by atoms with van der Waals surface area (Å²) in [6.07, 6.45) is 3.42. The Bertz CT molecular complexity index is 697. The van der Waals surface area contributed by atoms with Crippen LogP contribution in [0.3, 0.4) is 0 Å². The van der Waals surface area contributed by atoms with Gasteiger partial charge in [0.2, 0.25) is 5.91 Å². The van der Waals surface area contributed by atoms with Gasteiger partial charge in [-0.05, 0) is 24.3 Å². The fourth-order valence-corrected chi connectivity index (χ4v) is 3.88. The second-order valence-corrected chi connectivity index (χ2v) is 6.05. The van der Waals surface area contributed by atoms with Crippen molar-refractivity contribution in [2.45, 2.75) is 11.7 Å². The highest BCUT2D eigenvalue weighted by Crippen LogP contribution is 2.52. The number of nitrogens with zero attached hydrogens (tertiary/aromatic N) is 1. The molecule has 0 radical (unpaired) electrons. The monoisotopic (exact) mass is 315 g/mol. The molecule has 3 aliphatic rings. The number of esters is 1. The van der Waals surface area contributed by atoms with Gasteiger partial charge in [0.25, 0.3) is 0 Å². The molecule has 0 aromatic heterocycles. The molecule has 2 bridgehead atoms. The van der Waals surface area contributed by atoms with Crippen LogP contribution in [0.1, 0.15) is 0 Å². The number of hydrogen-bond donors (Lipinski definition) is 0. The lowest BCUT2D eigenvalue weighted by atomic mass is 9.77. The molecule has 6 heteroatoms. The number of fused-ring (bicyclic) bond motifs is 1. The van der Waals surface area contributed by atoms with Gasteiger partial charge in [-0.3, -0.25) is 9.59 Å². The highest BCUT2D eigenvalue weighted by Gasteiger charge is 2.67. The van der Waals surface area contributed by atoms with Crippen LogP contribution in [0.4, 0.5) is 5.69 Å². The Morgan fingerprint density at radius 1 is 1.30 bits per heavy atom. The second-order valence-electron chi connectivity index (χ2n) is 6.05. The first kappa shape index (κ1) is 14.3. The molecule has 1 amide bonds. The van der Waals surface area contributed by atoms with Crippen molar-refractivity contribution in [2.24, 2.45) is 11.8 Å². The van der Waals surface area contributed by atoms with Gasteiger partial charge in [-0.25, -0.2) is 0 Å². The van der Waals surface area contributed by atoms with Crippen LogP contribution in [-0.4, -0.2) is 44.3 Å². The summed E-state index contributed by atoms with van der Waals surface area (Å²) >= 11 is 0. The molecule has 0 saturated carbocycles. The van der Waals surface area contributed by atoms with Crippen LogP contribution < -0.4 is 9.64 Å². The van der Waals surface area contributed by atoms with E-state index in [-0.39, 0.29) is 12.0 Å². The number of amides is 1. The van der Waals surface area contributed by atoms with Crippen molar-refractivity contribution in [3.63, 3.8) is 0 Å². The molecular weight excluding hydrogens is 298 g/mol. The molecule has 4 rings (SSSR count). The number of ether oxygens (including phenoxy) is 3. The third-order valence-corrected chi connectivity index (χ3v) is 4.96. The van der Waals surface area contributed by atoms with Gasteiger partial charge in [0.1, 0.15) is 17.3 Å². The van der Waals surface area contributed by atoms with E-state index in [2.05, 4.69) is 0 Å². The summed E-state index contributed by atoms with van der Waals surface area (Å²) in [7, 11) is 2.93. The summed E-state index contributed by atoms with van der Waals surface area (Å²) in [5.74, 6) is -0.857. The Hall–Kier alpha value is -2.34. The quantitative estimate of drug-likeness (QED) is 0.618. The molecule has 6 nitrogen and oxygen atoms in total. The number of rotatable bonds is 3. The third-order valence-electron chi connectivity index (χ3n) is 4.96. The average Bonchev–Trinajstić information content (AvgIpc) is 3.22. The third kappa shape index (κ3) is 1.84. The number of anilines is 1. The van der Waals surface area contributed by atoms with Gasteiger partial charge in [0, 0.05) is 5.69 Å². The van der Waals surface area contributed by atoms with Crippen molar-refractivity contribution in [2.75, 3.05) is 25.7 Å². The fraction of sp³-hybridized carbons (Fsp3) is 0.412. The molecule has 1 aromatic carbocycles. The molecule has 120 valence electrons. The van der Waals surface area contributed by atoms with E-state index in [1.165, 1.54) is 7.11 Å². The molecule has 2 fully saturated rings. The number of carbonyl (C=O) groups excluding carboxylic acids is 2. The zero-order valence-corrected chi connectivity index (χ0v) is 12.9. The molecular formula is C17H17NO5. The molecule has 2 saturated heterocycles. The molecule has 1 aromatic rings.